The first-order valence-corrected chi connectivity index (χ1v) is 13.9. The maximum Gasteiger partial charge on any atom is 0.247 e. The Bertz CT molecular complexity index is 1420. The van der Waals surface area contributed by atoms with Crippen molar-refractivity contribution in [2.45, 2.75) is 37.4 Å². The van der Waals surface area contributed by atoms with Crippen LogP contribution in [0.5, 0.6) is 5.75 Å². The Morgan fingerprint density at radius 2 is 2.00 bits per heavy atom. The minimum Gasteiger partial charge on any atom is -0.487 e. The highest BCUT2D eigenvalue weighted by atomic mass is 32.2. The molecule has 0 spiro atoms. The third-order valence-electron chi connectivity index (χ3n) is 6.50. The molecule has 0 bridgehead atoms. The average Bonchev–Trinajstić information content (AvgIpc) is 2.89. The van der Waals surface area contributed by atoms with Crippen LogP contribution in [0.3, 0.4) is 0 Å². The Hall–Kier alpha value is -3.29. The van der Waals surface area contributed by atoms with Gasteiger partial charge in [0.2, 0.25) is 10.0 Å². The summed E-state index contributed by atoms with van der Waals surface area (Å²) in [7, 11) is -2.03. The molecular weight excluding hydrogens is 505 g/mol. The normalized spacial score (nSPS) is 19.8. The van der Waals surface area contributed by atoms with Gasteiger partial charge in [-0.05, 0) is 67.9 Å². The summed E-state index contributed by atoms with van der Waals surface area (Å²) in [5.74, 6) is 5.74. The lowest BCUT2D eigenvalue weighted by Gasteiger charge is -2.37. The molecule has 3 aromatic rings. The fourth-order valence-corrected chi connectivity index (χ4v) is 6.24. The fraction of sp³-hybridized carbons (Fsp3) is 0.345. The van der Waals surface area contributed by atoms with E-state index in [1.165, 1.54) is 22.5 Å². The van der Waals surface area contributed by atoms with Crippen LogP contribution in [0.2, 0.25) is 0 Å². The Morgan fingerprint density at radius 1 is 1.18 bits per heavy atom. The number of nitrogens with zero attached hydrogens (tertiary/aromatic N) is 3. The van der Waals surface area contributed by atoms with E-state index >= 15 is 0 Å². The van der Waals surface area contributed by atoms with Crippen LogP contribution in [0.25, 0.3) is 0 Å². The second-order valence-corrected chi connectivity index (χ2v) is 11.6. The summed E-state index contributed by atoms with van der Waals surface area (Å²) in [5.41, 5.74) is 2.02. The van der Waals surface area contributed by atoms with Gasteiger partial charge in [0.15, 0.2) is 0 Å². The quantitative estimate of drug-likeness (QED) is 0.485. The molecule has 0 saturated carbocycles. The average molecular weight is 538 g/mol. The van der Waals surface area contributed by atoms with Crippen molar-refractivity contribution in [2.75, 3.05) is 26.7 Å². The lowest BCUT2D eigenvalue weighted by atomic mass is 10.0. The molecule has 0 saturated heterocycles. The van der Waals surface area contributed by atoms with Crippen molar-refractivity contribution in [3.63, 3.8) is 0 Å². The number of aliphatic hydroxyl groups excluding tert-OH is 1. The van der Waals surface area contributed by atoms with Crippen LogP contribution in [-0.4, -0.2) is 66.6 Å². The largest absolute Gasteiger partial charge is 0.487 e. The summed E-state index contributed by atoms with van der Waals surface area (Å²) < 4.78 is 48.8. The lowest BCUT2D eigenvalue weighted by Crippen LogP contribution is -2.49. The van der Waals surface area contributed by atoms with Gasteiger partial charge >= 0.3 is 0 Å². The Morgan fingerprint density at radius 3 is 2.71 bits per heavy atom. The molecule has 7 nitrogen and oxygen atoms in total. The van der Waals surface area contributed by atoms with E-state index in [9.17, 15) is 17.9 Å². The van der Waals surface area contributed by atoms with Crippen LogP contribution >= 0.6 is 0 Å². The Labute approximate surface area is 223 Å². The van der Waals surface area contributed by atoms with E-state index in [2.05, 4.69) is 16.8 Å². The number of rotatable bonds is 6. The third kappa shape index (κ3) is 6.58. The van der Waals surface area contributed by atoms with Gasteiger partial charge in [-0.3, -0.25) is 4.90 Å². The Kier molecular flexibility index (Phi) is 8.80. The molecule has 1 aromatic heterocycles. The maximum absolute atomic E-state index is 13.7. The second kappa shape index (κ2) is 12.0. The highest BCUT2D eigenvalue weighted by Crippen LogP contribution is 2.34. The second-order valence-electron chi connectivity index (χ2n) is 9.69. The van der Waals surface area contributed by atoms with Gasteiger partial charge in [0, 0.05) is 43.4 Å². The summed E-state index contributed by atoms with van der Waals surface area (Å²) in [6.07, 6.45) is 1.28. The first-order chi connectivity index (χ1) is 18.2. The van der Waals surface area contributed by atoms with Crippen molar-refractivity contribution in [1.82, 2.24) is 14.2 Å². The summed E-state index contributed by atoms with van der Waals surface area (Å²) in [5, 5.41) is 9.84. The number of hydrogen-bond donors (Lipinski definition) is 1. The molecule has 0 aliphatic carbocycles. The van der Waals surface area contributed by atoms with Crippen molar-refractivity contribution in [2.24, 2.45) is 5.92 Å². The molecule has 38 heavy (non-hydrogen) atoms. The topological polar surface area (TPSA) is 83.0 Å². The van der Waals surface area contributed by atoms with Crippen molar-refractivity contribution in [3.05, 3.63) is 89.5 Å². The maximum atomic E-state index is 13.7. The van der Waals surface area contributed by atoms with Crippen molar-refractivity contribution in [1.29, 1.82) is 0 Å². The molecule has 0 amide bonds. The zero-order chi connectivity index (χ0) is 27.3. The fourth-order valence-electron chi connectivity index (χ4n) is 4.41. The van der Waals surface area contributed by atoms with Gasteiger partial charge in [-0.1, -0.05) is 31.0 Å². The zero-order valence-corrected chi connectivity index (χ0v) is 22.5. The standard InChI is InChI=1S/C29H32FN3O4S/c1-21-17-33(22(2)20-34)38(35,36)29-13-11-23(10-12-26-9-4-5-14-31-26)16-27(29)37-28(21)19-32(3)18-24-7-6-8-25(30)15-24/h4-9,11,13-16,21-22,28,34H,17-20H2,1-3H3/t21-,22+,28+/m1/s1. The minimum absolute atomic E-state index is 0.0332. The van der Waals surface area contributed by atoms with Crippen molar-refractivity contribution >= 4 is 10.0 Å². The highest BCUT2D eigenvalue weighted by molar-refractivity contribution is 7.89. The smallest absolute Gasteiger partial charge is 0.247 e. The first-order valence-electron chi connectivity index (χ1n) is 12.5. The number of aromatic nitrogens is 1. The minimum atomic E-state index is -3.94. The molecule has 1 aliphatic rings. The van der Waals surface area contributed by atoms with E-state index in [0.29, 0.717) is 24.3 Å². The number of halogens is 1. The summed E-state index contributed by atoms with van der Waals surface area (Å²) in [6, 6.07) is 16.1. The van der Waals surface area contributed by atoms with Crippen LogP contribution in [0.15, 0.2) is 71.8 Å². The van der Waals surface area contributed by atoms with Crippen molar-refractivity contribution in [3.8, 4) is 17.6 Å². The van der Waals surface area contributed by atoms with Gasteiger partial charge in [0.25, 0.3) is 0 Å². The third-order valence-corrected chi connectivity index (χ3v) is 8.52. The van der Waals surface area contributed by atoms with Crippen molar-refractivity contribution < 1.29 is 22.7 Å². The summed E-state index contributed by atoms with van der Waals surface area (Å²) >= 11 is 0. The molecule has 200 valence electrons. The number of aliphatic hydroxyl groups is 1. The predicted molar refractivity (Wildman–Crippen MR) is 143 cm³/mol. The van der Waals surface area contributed by atoms with E-state index in [4.69, 9.17) is 4.74 Å². The van der Waals surface area contributed by atoms with Gasteiger partial charge in [-0.2, -0.15) is 4.31 Å². The number of sulfonamides is 1. The van der Waals surface area contributed by atoms with Gasteiger partial charge in [0.05, 0.1) is 6.61 Å². The molecule has 1 N–H and O–H groups in total. The predicted octanol–water partition coefficient (Wildman–Crippen LogP) is 3.52. The molecule has 4 rings (SSSR count). The van der Waals surface area contributed by atoms with Crippen LogP contribution in [0.1, 0.15) is 30.7 Å². The van der Waals surface area contributed by atoms with E-state index in [0.717, 1.165) is 5.56 Å². The van der Waals surface area contributed by atoms with Crippen LogP contribution < -0.4 is 4.74 Å². The van der Waals surface area contributed by atoms with E-state index in [-0.39, 0.29) is 41.6 Å². The monoisotopic (exact) mass is 537 g/mol. The van der Waals surface area contributed by atoms with E-state index < -0.39 is 16.1 Å². The SMILES string of the molecule is C[C@@H]1CN([C@@H](C)CO)S(=O)(=O)c2ccc(C#Cc3ccccn3)cc2O[C@H]1CN(C)Cc1cccc(F)c1. The number of pyridine rings is 1. The molecule has 9 heteroatoms. The number of hydrogen-bond acceptors (Lipinski definition) is 6. The molecule has 2 aromatic carbocycles. The molecule has 2 heterocycles. The summed E-state index contributed by atoms with van der Waals surface area (Å²) in [4.78, 5) is 6.26. The molecule has 1 aliphatic heterocycles. The molecule has 0 radical (unpaired) electrons. The molecule has 3 atom stereocenters. The Balaban J connectivity index is 1.68. The van der Waals surface area contributed by atoms with E-state index in [1.807, 2.05) is 31.0 Å². The van der Waals surface area contributed by atoms with Gasteiger partial charge in [-0.25, -0.2) is 17.8 Å². The molecule has 0 fully saturated rings. The van der Waals surface area contributed by atoms with Gasteiger partial charge in [-0.15, -0.1) is 0 Å². The zero-order valence-electron chi connectivity index (χ0n) is 21.7. The molecular formula is C29H32FN3O4S. The number of likely N-dealkylation sites (N-methyl/N-ethyl adjacent to an activating group) is 1. The van der Waals surface area contributed by atoms with E-state index in [1.54, 1.807) is 43.5 Å². The first kappa shape index (κ1) is 27.7. The van der Waals surface area contributed by atoms with Gasteiger partial charge < -0.3 is 9.84 Å². The summed E-state index contributed by atoms with van der Waals surface area (Å²) in [6.45, 7) is 4.47. The number of fused-ring (bicyclic) bond motifs is 1. The molecule has 0 unspecified atom stereocenters. The van der Waals surface area contributed by atoms with Crippen LogP contribution in [-0.2, 0) is 16.6 Å². The number of benzene rings is 2. The van der Waals surface area contributed by atoms with Gasteiger partial charge in [0.1, 0.15) is 28.3 Å². The van der Waals surface area contributed by atoms with Crippen LogP contribution in [0.4, 0.5) is 4.39 Å². The van der Waals surface area contributed by atoms with Crippen LogP contribution in [0, 0.1) is 23.6 Å². The lowest BCUT2D eigenvalue weighted by molar-refractivity contribution is 0.0733. The highest BCUT2D eigenvalue weighted by Gasteiger charge is 2.38. The number of ether oxygens (including phenoxy) is 1.